The summed E-state index contributed by atoms with van der Waals surface area (Å²) in [6.07, 6.45) is 17.7. The third-order valence-corrected chi connectivity index (χ3v) is 8.08. The molecular formula is C29H40N2OS. The minimum absolute atomic E-state index is 0.254. The molecule has 2 atom stereocenters. The van der Waals surface area contributed by atoms with Gasteiger partial charge in [0.1, 0.15) is 0 Å². The highest BCUT2D eigenvalue weighted by molar-refractivity contribution is 8.03. The summed E-state index contributed by atoms with van der Waals surface area (Å²) in [5.41, 5.74) is 11.7. The molecule has 0 bridgehead atoms. The molecule has 3 rings (SSSR count). The number of aryl methyl sites for hydroxylation is 1. The molecule has 0 aliphatic heterocycles. The van der Waals surface area contributed by atoms with E-state index in [1.165, 1.54) is 35.9 Å². The van der Waals surface area contributed by atoms with Crippen molar-refractivity contribution in [1.82, 2.24) is 4.98 Å². The number of rotatable bonds is 9. The van der Waals surface area contributed by atoms with E-state index in [0.717, 1.165) is 45.6 Å². The third-order valence-electron chi connectivity index (χ3n) is 6.46. The molecule has 2 aliphatic rings. The zero-order chi connectivity index (χ0) is 24.1. The van der Waals surface area contributed by atoms with Crippen LogP contribution < -0.4 is 5.73 Å². The van der Waals surface area contributed by atoms with E-state index in [-0.39, 0.29) is 5.76 Å². The Bertz CT molecular complexity index is 1000. The predicted octanol–water partition coefficient (Wildman–Crippen LogP) is 7.96. The number of nitrogens with two attached hydrogens (primary N) is 1. The van der Waals surface area contributed by atoms with Crippen LogP contribution >= 0.6 is 11.8 Å². The number of hydrogen-bond donors (Lipinski definition) is 2. The van der Waals surface area contributed by atoms with E-state index in [1.807, 2.05) is 13.1 Å². The summed E-state index contributed by atoms with van der Waals surface area (Å²) in [6.45, 7) is 12.5. The Morgan fingerprint density at radius 1 is 1.30 bits per heavy atom. The Labute approximate surface area is 204 Å². The molecule has 0 amide bonds. The lowest BCUT2D eigenvalue weighted by atomic mass is 9.86. The Morgan fingerprint density at radius 3 is 2.58 bits per heavy atom. The summed E-state index contributed by atoms with van der Waals surface area (Å²) in [4.78, 5) is 6.42. The van der Waals surface area contributed by atoms with Gasteiger partial charge in [0.05, 0.1) is 11.5 Å². The third kappa shape index (κ3) is 6.44. The van der Waals surface area contributed by atoms with Crippen LogP contribution in [0.1, 0.15) is 77.1 Å². The Morgan fingerprint density at radius 2 is 2.03 bits per heavy atom. The molecule has 3 N–H and O–H groups in total. The fourth-order valence-corrected chi connectivity index (χ4v) is 6.14. The molecule has 1 fully saturated rings. The lowest BCUT2D eigenvalue weighted by Gasteiger charge is -2.25. The second-order valence-electron chi connectivity index (χ2n) is 9.80. The first-order valence-corrected chi connectivity index (χ1v) is 13.1. The molecule has 0 saturated heterocycles. The average molecular weight is 465 g/mol. The quantitative estimate of drug-likeness (QED) is 0.287. The standard InChI is InChI=1S/C29H40N2OS/c1-7-27(22-11-12-22)33-25-10-8-9-23(15-25)26(13-18(2)3)29-19(4)14-24(17-31-29)28(21(6)32)20(5)16-30/h8-10,13-14,16-18,22-23,27,32H,7,11-12,15,30H2,1-6H3/b20-16+,26-13-,28-21+. The second-order valence-corrected chi connectivity index (χ2v) is 11.2. The van der Waals surface area contributed by atoms with Crippen molar-refractivity contribution in [2.75, 3.05) is 0 Å². The maximum Gasteiger partial charge on any atom is 0.0973 e. The number of allylic oxidation sites excluding steroid dienone is 9. The van der Waals surface area contributed by atoms with Gasteiger partial charge in [-0.05, 0) is 92.2 Å². The summed E-state index contributed by atoms with van der Waals surface area (Å²) in [5.74, 6) is 1.93. The minimum atomic E-state index is 0.254. The van der Waals surface area contributed by atoms with Gasteiger partial charge in [0.25, 0.3) is 0 Å². The van der Waals surface area contributed by atoms with E-state index >= 15 is 0 Å². The van der Waals surface area contributed by atoms with Gasteiger partial charge in [0.15, 0.2) is 0 Å². The first-order chi connectivity index (χ1) is 15.7. The number of aliphatic hydroxyl groups excluding tert-OH is 1. The van der Waals surface area contributed by atoms with E-state index in [2.05, 4.69) is 69.8 Å². The van der Waals surface area contributed by atoms with Crippen LogP contribution in [0.5, 0.6) is 0 Å². The van der Waals surface area contributed by atoms with Gasteiger partial charge in [0.2, 0.25) is 0 Å². The van der Waals surface area contributed by atoms with E-state index in [1.54, 1.807) is 6.92 Å². The van der Waals surface area contributed by atoms with E-state index in [9.17, 15) is 5.11 Å². The molecule has 1 heterocycles. The van der Waals surface area contributed by atoms with Crippen LogP contribution in [-0.4, -0.2) is 15.3 Å². The van der Waals surface area contributed by atoms with Crippen LogP contribution in [0.15, 0.2) is 59.0 Å². The molecule has 3 nitrogen and oxygen atoms in total. The maximum absolute atomic E-state index is 10.3. The van der Waals surface area contributed by atoms with Crippen LogP contribution in [-0.2, 0) is 0 Å². The molecule has 1 aromatic rings. The maximum atomic E-state index is 10.3. The zero-order valence-corrected chi connectivity index (χ0v) is 21.9. The second kappa shape index (κ2) is 11.3. The molecule has 2 unspecified atom stereocenters. The number of aliphatic hydroxyl groups is 1. The first kappa shape index (κ1) is 25.4. The Balaban J connectivity index is 1.90. The van der Waals surface area contributed by atoms with Gasteiger partial charge in [-0.25, -0.2) is 0 Å². The van der Waals surface area contributed by atoms with Gasteiger partial charge in [-0.2, -0.15) is 0 Å². The molecule has 0 aromatic carbocycles. The normalized spacial score (nSPS) is 21.2. The van der Waals surface area contributed by atoms with E-state index in [0.29, 0.717) is 11.8 Å². The van der Waals surface area contributed by atoms with Crippen LogP contribution in [0, 0.1) is 24.7 Å². The van der Waals surface area contributed by atoms with Gasteiger partial charge in [-0.3, -0.25) is 4.98 Å². The lowest BCUT2D eigenvalue weighted by Crippen LogP contribution is -2.11. The summed E-state index contributed by atoms with van der Waals surface area (Å²) in [5, 5.41) is 11.0. The van der Waals surface area contributed by atoms with Gasteiger partial charge >= 0.3 is 0 Å². The highest BCUT2D eigenvalue weighted by Gasteiger charge is 2.32. The minimum Gasteiger partial charge on any atom is -0.512 e. The van der Waals surface area contributed by atoms with Crippen molar-refractivity contribution in [2.24, 2.45) is 23.5 Å². The van der Waals surface area contributed by atoms with Crippen LogP contribution in [0.25, 0.3) is 11.1 Å². The molecule has 2 aliphatic carbocycles. The Hall–Kier alpha value is -2.20. The molecule has 4 heteroatoms. The van der Waals surface area contributed by atoms with E-state index < -0.39 is 0 Å². The highest BCUT2D eigenvalue weighted by atomic mass is 32.2. The number of aromatic nitrogens is 1. The van der Waals surface area contributed by atoms with Crippen molar-refractivity contribution in [2.45, 2.75) is 72.5 Å². The molecule has 178 valence electrons. The fraction of sp³-hybridized carbons (Fsp3) is 0.483. The topological polar surface area (TPSA) is 59.1 Å². The van der Waals surface area contributed by atoms with Gasteiger partial charge in [0, 0.05) is 28.5 Å². The first-order valence-electron chi connectivity index (χ1n) is 12.3. The van der Waals surface area contributed by atoms with Gasteiger partial charge in [-0.1, -0.05) is 45.1 Å². The number of pyridine rings is 1. The smallest absolute Gasteiger partial charge is 0.0973 e. The Kier molecular flexibility index (Phi) is 8.69. The molecule has 1 saturated carbocycles. The van der Waals surface area contributed by atoms with Gasteiger partial charge < -0.3 is 10.8 Å². The number of hydrogen-bond acceptors (Lipinski definition) is 4. The fourth-order valence-electron chi connectivity index (χ4n) is 4.68. The highest BCUT2D eigenvalue weighted by Crippen LogP contribution is 2.46. The van der Waals surface area contributed by atoms with Crippen LogP contribution in [0.2, 0.25) is 0 Å². The number of thioether (sulfide) groups is 1. The number of nitrogens with zero attached hydrogens (tertiary/aromatic N) is 1. The van der Waals surface area contributed by atoms with Crippen molar-refractivity contribution < 1.29 is 5.11 Å². The molecular weight excluding hydrogens is 424 g/mol. The summed E-state index contributed by atoms with van der Waals surface area (Å²) >= 11 is 2.10. The summed E-state index contributed by atoms with van der Waals surface area (Å²) in [7, 11) is 0. The summed E-state index contributed by atoms with van der Waals surface area (Å²) < 4.78 is 0. The molecule has 0 radical (unpaired) electrons. The molecule has 1 aromatic heterocycles. The van der Waals surface area contributed by atoms with Crippen LogP contribution in [0.4, 0.5) is 0 Å². The molecule has 33 heavy (non-hydrogen) atoms. The molecule has 0 spiro atoms. The van der Waals surface area contributed by atoms with Crippen molar-refractivity contribution in [3.63, 3.8) is 0 Å². The van der Waals surface area contributed by atoms with Crippen LogP contribution in [0.3, 0.4) is 0 Å². The lowest BCUT2D eigenvalue weighted by molar-refractivity contribution is 0.417. The van der Waals surface area contributed by atoms with Crippen molar-refractivity contribution >= 4 is 22.9 Å². The van der Waals surface area contributed by atoms with Crippen molar-refractivity contribution in [1.29, 1.82) is 0 Å². The van der Waals surface area contributed by atoms with Crippen molar-refractivity contribution in [3.8, 4) is 0 Å². The zero-order valence-electron chi connectivity index (χ0n) is 21.1. The largest absolute Gasteiger partial charge is 0.512 e. The van der Waals surface area contributed by atoms with Crippen molar-refractivity contribution in [3.05, 3.63) is 75.8 Å². The van der Waals surface area contributed by atoms with Gasteiger partial charge in [-0.15, -0.1) is 11.8 Å². The monoisotopic (exact) mass is 464 g/mol. The average Bonchev–Trinajstić information content (AvgIpc) is 3.61. The summed E-state index contributed by atoms with van der Waals surface area (Å²) in [6, 6.07) is 2.12. The van der Waals surface area contributed by atoms with E-state index in [4.69, 9.17) is 10.7 Å². The predicted molar refractivity (Wildman–Crippen MR) is 145 cm³/mol. The SMILES string of the molecule is CCC(SC1=CC=CC(/C(=C/C(C)C)c2ncc(C(/C(C)=C/N)=C(\C)O)cc2C)C1)C1CC1.